The minimum Gasteiger partial charge on any atom is -0.340 e. The summed E-state index contributed by atoms with van der Waals surface area (Å²) < 4.78 is 2.22. The van der Waals surface area contributed by atoms with Gasteiger partial charge in [-0.3, -0.25) is 4.79 Å². The van der Waals surface area contributed by atoms with Gasteiger partial charge >= 0.3 is 0 Å². The lowest BCUT2D eigenvalue weighted by Crippen LogP contribution is -2.19. The summed E-state index contributed by atoms with van der Waals surface area (Å²) >= 11 is 12.3. The van der Waals surface area contributed by atoms with Gasteiger partial charge in [0.2, 0.25) is 5.91 Å². The predicted octanol–water partition coefficient (Wildman–Crippen LogP) is 6.56. The van der Waals surface area contributed by atoms with Crippen molar-refractivity contribution in [3.63, 3.8) is 0 Å². The van der Waals surface area contributed by atoms with Crippen molar-refractivity contribution in [3.8, 4) is 0 Å². The Bertz CT molecular complexity index is 1320. The zero-order valence-electron chi connectivity index (χ0n) is 18.6. The van der Waals surface area contributed by atoms with Crippen molar-refractivity contribution in [1.82, 2.24) is 9.99 Å². The Kier molecular flexibility index (Phi) is 7.17. The Morgan fingerprint density at radius 1 is 0.970 bits per heavy atom. The van der Waals surface area contributed by atoms with Gasteiger partial charge in [0.15, 0.2) is 0 Å². The molecule has 6 heteroatoms. The molecule has 0 radical (unpaired) electrons. The number of fused-ring (bicyclic) bond motifs is 1. The Morgan fingerprint density at radius 2 is 1.67 bits per heavy atom. The van der Waals surface area contributed by atoms with Gasteiger partial charge in [-0.1, -0.05) is 78.7 Å². The predicted molar refractivity (Wildman–Crippen MR) is 137 cm³/mol. The molecule has 0 spiro atoms. The number of para-hydroxylation sites is 1. The van der Waals surface area contributed by atoms with Gasteiger partial charge in [-0.05, 0) is 48.2 Å². The first-order valence-corrected chi connectivity index (χ1v) is 11.6. The van der Waals surface area contributed by atoms with E-state index in [1.807, 2.05) is 42.5 Å². The highest BCUT2D eigenvalue weighted by atomic mass is 35.5. The summed E-state index contributed by atoms with van der Waals surface area (Å²) in [5.41, 5.74) is 9.05. The molecule has 0 aliphatic heterocycles. The van der Waals surface area contributed by atoms with E-state index in [0.717, 1.165) is 39.7 Å². The summed E-state index contributed by atoms with van der Waals surface area (Å²) in [6, 6.07) is 21.9. The zero-order valence-corrected chi connectivity index (χ0v) is 20.1. The second kappa shape index (κ2) is 10.2. The highest BCUT2D eigenvalue weighted by Gasteiger charge is 2.13. The van der Waals surface area contributed by atoms with E-state index in [9.17, 15) is 4.79 Å². The van der Waals surface area contributed by atoms with Crippen molar-refractivity contribution < 1.29 is 4.79 Å². The van der Waals surface area contributed by atoms with E-state index in [-0.39, 0.29) is 5.91 Å². The summed E-state index contributed by atoms with van der Waals surface area (Å²) in [5.74, 6) is -0.146. The number of rotatable bonds is 7. The molecule has 1 heterocycles. The monoisotopic (exact) mass is 477 g/mol. The lowest BCUT2D eigenvalue weighted by atomic mass is 10.1. The first kappa shape index (κ1) is 23.1. The molecule has 3 aromatic carbocycles. The van der Waals surface area contributed by atoms with E-state index >= 15 is 0 Å². The van der Waals surface area contributed by atoms with E-state index in [1.165, 1.54) is 5.56 Å². The number of hydrogen-bond acceptors (Lipinski definition) is 2. The number of halogens is 2. The molecule has 4 nitrogen and oxygen atoms in total. The Hall–Kier alpha value is -3.08. The molecule has 0 saturated carbocycles. The quantitative estimate of drug-likeness (QED) is 0.237. The Morgan fingerprint density at radius 3 is 2.39 bits per heavy atom. The number of aromatic nitrogens is 1. The van der Waals surface area contributed by atoms with E-state index in [0.29, 0.717) is 23.0 Å². The molecule has 1 amide bonds. The lowest BCUT2D eigenvalue weighted by molar-refractivity contribution is -0.120. The fourth-order valence-corrected chi connectivity index (χ4v) is 4.25. The summed E-state index contributed by atoms with van der Waals surface area (Å²) in [5, 5.41) is 6.40. The number of nitrogens with zero attached hydrogens (tertiary/aromatic N) is 2. The largest absolute Gasteiger partial charge is 0.340 e. The molecule has 0 bridgehead atoms. The molecule has 168 valence electrons. The van der Waals surface area contributed by atoms with Crippen LogP contribution < -0.4 is 5.43 Å². The third-order valence-corrected chi connectivity index (χ3v) is 6.52. The maximum atomic E-state index is 12.4. The smallest absolute Gasteiger partial charge is 0.244 e. The number of amides is 1. The Balaban J connectivity index is 1.53. The molecule has 0 atom stereocenters. The van der Waals surface area contributed by atoms with E-state index in [2.05, 4.69) is 53.2 Å². The average Bonchev–Trinajstić information content (AvgIpc) is 3.08. The second-order valence-electron chi connectivity index (χ2n) is 7.99. The molecular formula is C27H25Cl2N3O. The minimum absolute atomic E-state index is 0.146. The molecule has 0 aliphatic carbocycles. The summed E-state index contributed by atoms with van der Waals surface area (Å²) in [7, 11) is 0. The van der Waals surface area contributed by atoms with Crippen LogP contribution in [0.25, 0.3) is 10.9 Å². The maximum Gasteiger partial charge on any atom is 0.244 e. The van der Waals surface area contributed by atoms with Gasteiger partial charge in [-0.15, -0.1) is 0 Å². The van der Waals surface area contributed by atoms with Crippen molar-refractivity contribution in [1.29, 1.82) is 0 Å². The summed E-state index contributed by atoms with van der Waals surface area (Å²) in [6.07, 6.45) is 3.00. The van der Waals surface area contributed by atoms with Crippen LogP contribution in [0.2, 0.25) is 10.0 Å². The molecule has 0 unspecified atom stereocenters. The van der Waals surface area contributed by atoms with Crippen LogP contribution in [-0.4, -0.2) is 16.7 Å². The molecule has 0 saturated heterocycles. The topological polar surface area (TPSA) is 46.4 Å². The van der Waals surface area contributed by atoms with Crippen LogP contribution in [0.4, 0.5) is 0 Å². The standard InChI is InChI=1S/C27H25Cl2N3O/c1-3-19-8-10-20(11-9-19)15-27(33)31-30-16-23-18(2)32(26-7-5-4-6-22(23)26)17-21-12-13-24(28)25(29)14-21/h4-14,16H,3,15,17H2,1-2H3,(H,31,33)/b30-16-. The molecule has 0 fully saturated rings. The Labute approximate surface area is 203 Å². The lowest BCUT2D eigenvalue weighted by Gasteiger charge is -2.09. The van der Waals surface area contributed by atoms with Gasteiger partial charge in [0.1, 0.15) is 0 Å². The fraction of sp³-hybridized carbons (Fsp3) is 0.185. The molecule has 1 N–H and O–H groups in total. The van der Waals surface area contributed by atoms with Crippen molar-refractivity contribution >= 4 is 46.2 Å². The van der Waals surface area contributed by atoms with Gasteiger partial charge in [0.05, 0.1) is 22.7 Å². The molecular weight excluding hydrogens is 453 g/mol. The number of hydrazone groups is 1. The number of carbonyl (C=O) groups is 1. The van der Waals surface area contributed by atoms with E-state index < -0.39 is 0 Å². The van der Waals surface area contributed by atoms with Gasteiger partial charge in [0.25, 0.3) is 0 Å². The normalized spacial score (nSPS) is 11.4. The number of aryl methyl sites for hydroxylation is 1. The van der Waals surface area contributed by atoms with Gasteiger partial charge in [-0.25, -0.2) is 5.43 Å². The number of carbonyl (C=O) groups excluding carboxylic acids is 1. The van der Waals surface area contributed by atoms with Gasteiger partial charge in [-0.2, -0.15) is 5.10 Å². The van der Waals surface area contributed by atoms with Crippen LogP contribution in [0, 0.1) is 6.92 Å². The van der Waals surface area contributed by atoms with Crippen LogP contribution in [0.1, 0.15) is 34.9 Å². The number of hydrogen-bond donors (Lipinski definition) is 1. The fourth-order valence-electron chi connectivity index (χ4n) is 3.93. The highest BCUT2D eigenvalue weighted by Crippen LogP contribution is 2.28. The second-order valence-corrected chi connectivity index (χ2v) is 8.81. The van der Waals surface area contributed by atoms with Gasteiger partial charge in [0, 0.05) is 28.7 Å². The minimum atomic E-state index is -0.146. The van der Waals surface area contributed by atoms with Crippen LogP contribution in [0.5, 0.6) is 0 Å². The summed E-state index contributed by atoms with van der Waals surface area (Å²) in [4.78, 5) is 12.4. The van der Waals surface area contributed by atoms with Crippen LogP contribution in [0.3, 0.4) is 0 Å². The maximum absolute atomic E-state index is 12.4. The molecule has 0 aliphatic rings. The third kappa shape index (κ3) is 5.29. The van der Waals surface area contributed by atoms with Crippen molar-refractivity contribution in [2.45, 2.75) is 33.2 Å². The van der Waals surface area contributed by atoms with Crippen LogP contribution >= 0.6 is 23.2 Å². The van der Waals surface area contributed by atoms with E-state index in [1.54, 1.807) is 6.21 Å². The molecule has 1 aromatic heterocycles. The van der Waals surface area contributed by atoms with Crippen molar-refractivity contribution in [2.75, 3.05) is 0 Å². The molecule has 4 aromatic rings. The average molecular weight is 478 g/mol. The first-order valence-electron chi connectivity index (χ1n) is 10.9. The highest BCUT2D eigenvalue weighted by molar-refractivity contribution is 6.42. The van der Waals surface area contributed by atoms with Gasteiger partial charge < -0.3 is 4.57 Å². The number of benzene rings is 3. The first-order chi connectivity index (χ1) is 16.0. The molecule has 33 heavy (non-hydrogen) atoms. The van der Waals surface area contributed by atoms with E-state index in [4.69, 9.17) is 23.2 Å². The van der Waals surface area contributed by atoms with Crippen molar-refractivity contribution in [3.05, 3.63) is 105 Å². The van der Waals surface area contributed by atoms with Crippen molar-refractivity contribution in [2.24, 2.45) is 5.10 Å². The third-order valence-electron chi connectivity index (χ3n) is 5.78. The zero-order chi connectivity index (χ0) is 23.4. The van der Waals surface area contributed by atoms with Crippen LogP contribution in [-0.2, 0) is 24.2 Å². The summed E-state index contributed by atoms with van der Waals surface area (Å²) in [6.45, 7) is 4.81. The molecule has 4 rings (SSSR count). The van der Waals surface area contributed by atoms with Crippen LogP contribution in [0.15, 0.2) is 71.8 Å². The SMILES string of the molecule is CCc1ccc(CC(=O)N/N=C\c2c(C)n(Cc3ccc(Cl)c(Cl)c3)c3ccccc23)cc1. The number of nitrogens with one attached hydrogen (secondary N) is 1.